The summed E-state index contributed by atoms with van der Waals surface area (Å²) < 4.78 is 5.14. The molecule has 1 amide bonds. The number of rotatable bonds is 4. The van der Waals surface area contributed by atoms with Crippen molar-refractivity contribution in [3.63, 3.8) is 0 Å². The van der Waals surface area contributed by atoms with Gasteiger partial charge < -0.3 is 9.57 Å². The topological polar surface area (TPSA) is 50.8 Å². The maximum absolute atomic E-state index is 11.9. The van der Waals surface area contributed by atoms with Crippen LogP contribution in [0, 0.1) is 0 Å². The van der Waals surface area contributed by atoms with E-state index in [1.165, 1.54) is 0 Å². The fourth-order valence-corrected chi connectivity index (χ4v) is 2.30. The third-order valence-corrected chi connectivity index (χ3v) is 3.43. The lowest BCUT2D eigenvalue weighted by atomic mass is 10.1. The van der Waals surface area contributed by atoms with E-state index in [-0.39, 0.29) is 12.3 Å². The first-order valence-electron chi connectivity index (χ1n) is 6.69. The molecule has 1 N–H and O–H groups in total. The van der Waals surface area contributed by atoms with E-state index >= 15 is 0 Å². The highest BCUT2D eigenvalue weighted by atomic mass is 16.7. The van der Waals surface area contributed by atoms with Crippen molar-refractivity contribution in [1.82, 2.24) is 10.4 Å². The van der Waals surface area contributed by atoms with Crippen LogP contribution >= 0.6 is 0 Å². The Labute approximate surface area is 123 Å². The number of hydrogen-bond donors (Lipinski definition) is 1. The highest BCUT2D eigenvalue weighted by Gasteiger charge is 2.34. The second-order valence-corrected chi connectivity index (χ2v) is 4.78. The monoisotopic (exact) mass is 284 g/mol. The molecule has 1 aliphatic heterocycles. The number of carbonyl (C=O) groups is 1. The average molecular weight is 284 g/mol. The molecular formula is C16H16N2O3. The molecule has 108 valence electrons. The molecule has 1 atom stereocenters. The lowest BCUT2D eigenvalue weighted by Gasteiger charge is -2.21. The summed E-state index contributed by atoms with van der Waals surface area (Å²) in [6, 6.07) is 17.4. The minimum Gasteiger partial charge on any atom is -0.497 e. The van der Waals surface area contributed by atoms with E-state index in [9.17, 15) is 4.79 Å². The van der Waals surface area contributed by atoms with Gasteiger partial charge in [0, 0.05) is 0 Å². The van der Waals surface area contributed by atoms with Gasteiger partial charge in [-0.15, -0.1) is 5.48 Å². The Balaban J connectivity index is 1.81. The molecule has 0 aliphatic carbocycles. The van der Waals surface area contributed by atoms with Crippen LogP contribution in [-0.2, 0) is 11.4 Å². The van der Waals surface area contributed by atoms with Crippen LogP contribution in [0.15, 0.2) is 54.6 Å². The molecule has 5 nitrogen and oxygen atoms in total. The van der Waals surface area contributed by atoms with Crippen LogP contribution in [0.4, 0.5) is 4.79 Å². The molecule has 1 saturated heterocycles. The van der Waals surface area contributed by atoms with Crippen molar-refractivity contribution < 1.29 is 14.4 Å². The second kappa shape index (κ2) is 5.85. The second-order valence-electron chi connectivity index (χ2n) is 4.78. The van der Waals surface area contributed by atoms with Gasteiger partial charge in [-0.1, -0.05) is 42.5 Å². The molecule has 0 saturated carbocycles. The van der Waals surface area contributed by atoms with Gasteiger partial charge in [-0.3, -0.25) is 4.90 Å². The highest BCUT2D eigenvalue weighted by Crippen LogP contribution is 2.27. The van der Waals surface area contributed by atoms with E-state index < -0.39 is 0 Å². The SMILES string of the molecule is COc1ccc(C2NOC(=O)N2Cc2ccccc2)cc1. The smallest absolute Gasteiger partial charge is 0.430 e. The maximum Gasteiger partial charge on any atom is 0.430 e. The number of nitrogens with zero attached hydrogens (tertiary/aromatic N) is 1. The minimum absolute atomic E-state index is 0.302. The molecule has 21 heavy (non-hydrogen) atoms. The molecule has 1 aliphatic rings. The zero-order valence-corrected chi connectivity index (χ0v) is 11.7. The van der Waals surface area contributed by atoms with E-state index in [1.54, 1.807) is 12.0 Å². The van der Waals surface area contributed by atoms with Crippen molar-refractivity contribution in [2.75, 3.05) is 7.11 Å². The number of amides is 1. The summed E-state index contributed by atoms with van der Waals surface area (Å²) in [5.41, 5.74) is 4.76. The summed E-state index contributed by atoms with van der Waals surface area (Å²) >= 11 is 0. The van der Waals surface area contributed by atoms with Gasteiger partial charge >= 0.3 is 6.09 Å². The predicted molar refractivity (Wildman–Crippen MR) is 77.3 cm³/mol. The van der Waals surface area contributed by atoms with Gasteiger partial charge in [0.2, 0.25) is 0 Å². The number of carbonyl (C=O) groups excluding carboxylic acids is 1. The normalized spacial score (nSPS) is 17.7. The number of methoxy groups -OCH3 is 1. The third kappa shape index (κ3) is 2.83. The Morgan fingerprint density at radius 1 is 1.14 bits per heavy atom. The van der Waals surface area contributed by atoms with Gasteiger partial charge in [-0.2, -0.15) is 0 Å². The van der Waals surface area contributed by atoms with Crippen LogP contribution in [0.1, 0.15) is 17.3 Å². The summed E-state index contributed by atoms with van der Waals surface area (Å²) in [5.74, 6) is 0.776. The maximum atomic E-state index is 11.9. The molecule has 0 radical (unpaired) electrons. The molecule has 5 heteroatoms. The number of hydrogen-bond acceptors (Lipinski definition) is 4. The fourth-order valence-electron chi connectivity index (χ4n) is 2.30. The molecule has 0 aromatic heterocycles. The van der Waals surface area contributed by atoms with Crippen molar-refractivity contribution in [2.24, 2.45) is 0 Å². The minimum atomic E-state index is -0.375. The van der Waals surface area contributed by atoms with E-state index in [2.05, 4.69) is 5.48 Å². The Bertz CT molecular complexity index is 613. The van der Waals surface area contributed by atoms with Crippen molar-refractivity contribution in [3.8, 4) is 5.75 Å². The number of benzene rings is 2. The largest absolute Gasteiger partial charge is 0.497 e. The van der Waals surface area contributed by atoms with Crippen LogP contribution in [-0.4, -0.2) is 18.1 Å². The van der Waals surface area contributed by atoms with E-state index in [0.29, 0.717) is 6.54 Å². The van der Waals surface area contributed by atoms with E-state index in [0.717, 1.165) is 16.9 Å². The standard InChI is InChI=1S/C16H16N2O3/c1-20-14-9-7-13(8-10-14)15-17-21-16(19)18(15)11-12-5-3-2-4-6-12/h2-10,15,17H,11H2,1H3. The number of nitrogens with one attached hydrogen (secondary N) is 1. The van der Waals surface area contributed by atoms with Gasteiger partial charge in [0.15, 0.2) is 0 Å². The molecule has 1 unspecified atom stereocenters. The van der Waals surface area contributed by atoms with Gasteiger partial charge in [-0.25, -0.2) is 4.79 Å². The van der Waals surface area contributed by atoms with Gasteiger partial charge in [0.25, 0.3) is 0 Å². The van der Waals surface area contributed by atoms with Crippen LogP contribution < -0.4 is 10.2 Å². The first kappa shape index (κ1) is 13.5. The molecule has 3 rings (SSSR count). The van der Waals surface area contributed by atoms with Gasteiger partial charge in [-0.05, 0) is 23.3 Å². The Kier molecular flexibility index (Phi) is 3.75. The molecule has 0 bridgehead atoms. The summed E-state index contributed by atoms with van der Waals surface area (Å²) in [6.07, 6.45) is -0.678. The Morgan fingerprint density at radius 2 is 1.86 bits per heavy atom. The zero-order valence-electron chi connectivity index (χ0n) is 11.7. The van der Waals surface area contributed by atoms with E-state index in [1.807, 2.05) is 54.6 Å². The molecule has 2 aromatic rings. The van der Waals surface area contributed by atoms with Crippen LogP contribution in [0.3, 0.4) is 0 Å². The third-order valence-electron chi connectivity index (χ3n) is 3.43. The fraction of sp³-hybridized carbons (Fsp3) is 0.188. The van der Waals surface area contributed by atoms with Crippen molar-refractivity contribution >= 4 is 6.09 Å². The van der Waals surface area contributed by atoms with Crippen molar-refractivity contribution in [3.05, 3.63) is 65.7 Å². The zero-order chi connectivity index (χ0) is 14.7. The molecular weight excluding hydrogens is 268 g/mol. The molecule has 0 spiro atoms. The predicted octanol–water partition coefficient (Wildman–Crippen LogP) is 2.85. The van der Waals surface area contributed by atoms with Gasteiger partial charge in [0.1, 0.15) is 11.9 Å². The van der Waals surface area contributed by atoms with Crippen molar-refractivity contribution in [1.29, 1.82) is 0 Å². The highest BCUT2D eigenvalue weighted by molar-refractivity contribution is 5.69. The molecule has 1 heterocycles. The summed E-state index contributed by atoms with van der Waals surface area (Å²) in [6.45, 7) is 0.489. The number of ether oxygens (including phenoxy) is 1. The Morgan fingerprint density at radius 3 is 2.52 bits per heavy atom. The van der Waals surface area contributed by atoms with Gasteiger partial charge in [0.05, 0.1) is 13.7 Å². The quantitative estimate of drug-likeness (QED) is 0.938. The van der Waals surface area contributed by atoms with Crippen molar-refractivity contribution in [2.45, 2.75) is 12.7 Å². The summed E-state index contributed by atoms with van der Waals surface area (Å²) in [4.78, 5) is 18.5. The molecule has 1 fully saturated rings. The van der Waals surface area contributed by atoms with Crippen LogP contribution in [0.2, 0.25) is 0 Å². The lowest BCUT2D eigenvalue weighted by molar-refractivity contribution is 0.120. The number of hydroxylamine groups is 1. The first-order valence-corrected chi connectivity index (χ1v) is 6.69. The first-order chi connectivity index (χ1) is 10.3. The summed E-state index contributed by atoms with van der Waals surface area (Å²) in [5, 5.41) is 0. The van der Waals surface area contributed by atoms with E-state index in [4.69, 9.17) is 9.57 Å². The average Bonchev–Trinajstić information content (AvgIpc) is 2.90. The van der Waals surface area contributed by atoms with Crippen LogP contribution in [0.5, 0.6) is 5.75 Å². The van der Waals surface area contributed by atoms with Crippen LogP contribution in [0.25, 0.3) is 0 Å². The lowest BCUT2D eigenvalue weighted by Crippen LogP contribution is -2.29. The molecule has 2 aromatic carbocycles. The Hall–Kier alpha value is -2.53. The summed E-state index contributed by atoms with van der Waals surface area (Å²) in [7, 11) is 1.62.